The van der Waals surface area contributed by atoms with Crippen LogP contribution in [0.1, 0.15) is 13.3 Å². The van der Waals surface area contributed by atoms with Crippen molar-refractivity contribution >= 4 is 46.4 Å². The van der Waals surface area contributed by atoms with Crippen LogP contribution in [-0.4, -0.2) is 29.4 Å². The fourth-order valence-corrected chi connectivity index (χ4v) is 4.57. The van der Waals surface area contributed by atoms with Crippen molar-refractivity contribution in [3.05, 3.63) is 82.9 Å². The lowest BCUT2D eigenvalue weighted by molar-refractivity contribution is -0.384. The number of ether oxygens (including phenoxy) is 1. The van der Waals surface area contributed by atoms with Gasteiger partial charge in [-0.15, -0.1) is 0 Å². The molecule has 3 aromatic carbocycles. The number of fused-ring (bicyclic) bond motifs is 2. The van der Waals surface area contributed by atoms with E-state index in [1.165, 1.54) is 31.2 Å². The van der Waals surface area contributed by atoms with Crippen LogP contribution in [0.2, 0.25) is 0 Å². The summed E-state index contributed by atoms with van der Waals surface area (Å²) >= 11 is 1.69. The molecule has 0 spiro atoms. The molecular weight excluding hydrogens is 442 g/mol. The second-order valence-electron chi connectivity index (χ2n) is 7.37. The highest BCUT2D eigenvalue weighted by atomic mass is 32.2. The Morgan fingerprint density at radius 1 is 1.03 bits per heavy atom. The average molecular weight is 464 g/mol. The van der Waals surface area contributed by atoms with E-state index in [9.17, 15) is 19.7 Å². The number of nitro groups is 1. The third-order valence-corrected chi connectivity index (χ3v) is 6.20. The Bertz CT molecular complexity index is 1170. The molecule has 1 heterocycles. The van der Waals surface area contributed by atoms with Crippen molar-refractivity contribution in [3.63, 3.8) is 0 Å². The van der Waals surface area contributed by atoms with Crippen molar-refractivity contribution in [2.45, 2.75) is 29.2 Å². The molecule has 4 rings (SSSR count). The van der Waals surface area contributed by atoms with Gasteiger partial charge in [0.25, 0.3) is 11.6 Å². The summed E-state index contributed by atoms with van der Waals surface area (Å²) in [5, 5.41) is 13.4. The van der Waals surface area contributed by atoms with Gasteiger partial charge in [0.05, 0.1) is 22.7 Å². The lowest BCUT2D eigenvalue weighted by atomic mass is 10.2. The largest absolute Gasteiger partial charge is 0.452 e. The van der Waals surface area contributed by atoms with E-state index in [0.717, 1.165) is 21.2 Å². The summed E-state index contributed by atoms with van der Waals surface area (Å²) in [7, 11) is 0. The maximum Gasteiger partial charge on any atom is 0.308 e. The van der Waals surface area contributed by atoms with Gasteiger partial charge in [-0.2, -0.15) is 0 Å². The lowest BCUT2D eigenvalue weighted by Gasteiger charge is -2.32. The van der Waals surface area contributed by atoms with Gasteiger partial charge in [0, 0.05) is 34.2 Å². The van der Waals surface area contributed by atoms with Crippen LogP contribution in [0.15, 0.2) is 82.6 Å². The van der Waals surface area contributed by atoms with Crippen LogP contribution in [0.4, 0.5) is 22.7 Å². The van der Waals surface area contributed by atoms with Crippen LogP contribution in [-0.2, 0) is 14.3 Å². The summed E-state index contributed by atoms with van der Waals surface area (Å²) < 4.78 is 5.31. The Morgan fingerprint density at radius 3 is 2.30 bits per heavy atom. The summed E-state index contributed by atoms with van der Waals surface area (Å²) in [6, 6.07) is 21.6. The first-order chi connectivity index (χ1) is 15.9. The van der Waals surface area contributed by atoms with E-state index in [1.807, 2.05) is 48.5 Å². The minimum atomic E-state index is -1.05. The summed E-state index contributed by atoms with van der Waals surface area (Å²) in [6.07, 6.45) is -0.963. The Balaban J connectivity index is 1.37. The van der Waals surface area contributed by atoms with Gasteiger partial charge in [0.15, 0.2) is 6.10 Å². The summed E-state index contributed by atoms with van der Waals surface area (Å²) in [5.74, 6) is -1.07. The van der Waals surface area contributed by atoms with E-state index in [1.54, 1.807) is 11.8 Å². The van der Waals surface area contributed by atoms with Gasteiger partial charge in [-0.05, 0) is 37.3 Å². The minimum Gasteiger partial charge on any atom is -0.452 e. The number of para-hydroxylation sites is 2. The van der Waals surface area contributed by atoms with Crippen LogP contribution in [0.5, 0.6) is 0 Å². The molecule has 0 saturated heterocycles. The second-order valence-corrected chi connectivity index (χ2v) is 8.45. The van der Waals surface area contributed by atoms with Crippen LogP contribution in [0, 0.1) is 10.1 Å². The first-order valence-corrected chi connectivity index (χ1v) is 11.1. The SMILES string of the molecule is CC(OC(=O)CCN1c2ccccc2Sc2ccccc21)C(=O)Nc1cccc([N+](=O)[O-])c1. The van der Waals surface area contributed by atoms with Gasteiger partial charge in [0.2, 0.25) is 0 Å². The number of carbonyl (C=O) groups excluding carboxylic acids is 2. The number of esters is 1. The topological polar surface area (TPSA) is 102 Å². The zero-order chi connectivity index (χ0) is 23.4. The zero-order valence-corrected chi connectivity index (χ0v) is 18.6. The highest BCUT2D eigenvalue weighted by Gasteiger charge is 2.24. The number of nitrogens with one attached hydrogen (secondary N) is 1. The third-order valence-electron chi connectivity index (χ3n) is 5.07. The lowest BCUT2D eigenvalue weighted by Crippen LogP contribution is -2.31. The van der Waals surface area contributed by atoms with Crippen LogP contribution in [0.25, 0.3) is 0 Å². The Labute approximate surface area is 194 Å². The van der Waals surface area contributed by atoms with Crippen LogP contribution < -0.4 is 10.2 Å². The number of amides is 1. The molecule has 1 aliphatic rings. The second kappa shape index (κ2) is 9.74. The van der Waals surface area contributed by atoms with Gasteiger partial charge >= 0.3 is 5.97 Å². The molecule has 0 aromatic heterocycles. The molecule has 0 fully saturated rings. The first kappa shape index (κ1) is 22.3. The minimum absolute atomic E-state index is 0.0851. The normalized spacial score (nSPS) is 12.8. The molecule has 1 amide bonds. The standard InChI is InChI=1S/C24H21N3O5S/c1-16(24(29)25-17-7-6-8-18(15-17)27(30)31)32-23(28)13-14-26-19-9-2-4-11-21(19)33-22-12-5-3-10-20(22)26/h2-12,15-16H,13-14H2,1H3,(H,25,29). The van der Waals surface area contributed by atoms with Crippen molar-refractivity contribution in [1.82, 2.24) is 0 Å². The van der Waals surface area contributed by atoms with Crippen LogP contribution >= 0.6 is 11.8 Å². The quantitative estimate of drug-likeness (QED) is 0.293. The zero-order valence-electron chi connectivity index (χ0n) is 17.8. The molecule has 168 valence electrons. The van der Waals surface area contributed by atoms with E-state index >= 15 is 0 Å². The van der Waals surface area contributed by atoms with E-state index in [2.05, 4.69) is 10.2 Å². The number of anilines is 3. The van der Waals surface area contributed by atoms with Gasteiger partial charge in [-0.1, -0.05) is 42.1 Å². The van der Waals surface area contributed by atoms with Crippen molar-refractivity contribution in [2.75, 3.05) is 16.8 Å². The predicted octanol–water partition coefficient (Wildman–Crippen LogP) is 5.16. The summed E-state index contributed by atoms with van der Waals surface area (Å²) in [5.41, 5.74) is 2.16. The number of rotatable bonds is 7. The molecule has 0 bridgehead atoms. The van der Waals surface area contributed by atoms with E-state index in [-0.39, 0.29) is 17.8 Å². The monoisotopic (exact) mass is 463 g/mol. The molecule has 33 heavy (non-hydrogen) atoms. The molecule has 1 aliphatic heterocycles. The van der Waals surface area contributed by atoms with Crippen molar-refractivity contribution < 1.29 is 19.2 Å². The first-order valence-electron chi connectivity index (χ1n) is 10.3. The number of benzene rings is 3. The Morgan fingerprint density at radius 2 is 1.67 bits per heavy atom. The molecule has 1 unspecified atom stereocenters. The predicted molar refractivity (Wildman–Crippen MR) is 126 cm³/mol. The molecule has 1 N–H and O–H groups in total. The molecule has 8 nitrogen and oxygen atoms in total. The number of nitrogens with zero attached hydrogens (tertiary/aromatic N) is 2. The average Bonchev–Trinajstić information content (AvgIpc) is 2.81. The summed E-state index contributed by atoms with van der Waals surface area (Å²) in [4.78, 5) is 39.5. The molecular formula is C24H21N3O5S. The Hall–Kier alpha value is -3.85. The maximum atomic E-state index is 12.5. The highest BCUT2D eigenvalue weighted by Crippen LogP contribution is 2.47. The Kier molecular flexibility index (Phi) is 6.60. The fraction of sp³-hybridized carbons (Fsp3) is 0.167. The fourth-order valence-electron chi connectivity index (χ4n) is 3.48. The molecule has 0 aliphatic carbocycles. The molecule has 1 atom stereocenters. The number of hydrogen-bond donors (Lipinski definition) is 1. The highest BCUT2D eigenvalue weighted by molar-refractivity contribution is 7.99. The third kappa shape index (κ3) is 5.15. The van der Waals surface area contributed by atoms with Gasteiger partial charge in [-0.3, -0.25) is 19.7 Å². The van der Waals surface area contributed by atoms with Gasteiger partial charge < -0.3 is 15.0 Å². The number of carbonyl (C=O) groups is 2. The number of non-ortho nitro benzene ring substituents is 1. The van der Waals surface area contributed by atoms with Crippen LogP contribution in [0.3, 0.4) is 0 Å². The van der Waals surface area contributed by atoms with Gasteiger partial charge in [-0.25, -0.2) is 0 Å². The molecule has 0 radical (unpaired) electrons. The maximum absolute atomic E-state index is 12.5. The molecule has 9 heteroatoms. The summed E-state index contributed by atoms with van der Waals surface area (Å²) in [6.45, 7) is 1.86. The number of nitro benzene ring substituents is 1. The van der Waals surface area contributed by atoms with Gasteiger partial charge in [0.1, 0.15) is 0 Å². The number of hydrogen-bond acceptors (Lipinski definition) is 7. The van der Waals surface area contributed by atoms with Crippen molar-refractivity contribution in [2.24, 2.45) is 0 Å². The molecule has 0 saturated carbocycles. The van der Waals surface area contributed by atoms with Crippen molar-refractivity contribution in [1.29, 1.82) is 0 Å². The van der Waals surface area contributed by atoms with E-state index in [0.29, 0.717) is 6.54 Å². The molecule has 3 aromatic rings. The van der Waals surface area contributed by atoms with E-state index < -0.39 is 22.9 Å². The van der Waals surface area contributed by atoms with E-state index in [4.69, 9.17) is 4.74 Å². The smallest absolute Gasteiger partial charge is 0.308 e. The van der Waals surface area contributed by atoms with Crippen molar-refractivity contribution in [3.8, 4) is 0 Å².